The Balaban J connectivity index is 0.00000220. The molecule has 0 aliphatic carbocycles. The predicted molar refractivity (Wildman–Crippen MR) is 78.9 cm³/mol. The summed E-state index contributed by atoms with van der Waals surface area (Å²) in [6, 6.07) is 9.99. The number of aromatic nitrogens is 1. The van der Waals surface area contributed by atoms with Crippen molar-refractivity contribution >= 4 is 0 Å². The average Bonchev–Trinajstić information content (AvgIpc) is 2.50. The molecule has 1 aromatic carbocycles. The van der Waals surface area contributed by atoms with E-state index in [0.29, 0.717) is 6.61 Å². The largest absolute Gasteiger partial charge is 1.00 e. The molecule has 0 saturated carbocycles. The number of nitrogens with zero attached hydrogens (tertiary/aromatic N) is 1. The third-order valence-corrected chi connectivity index (χ3v) is 2.91. The van der Waals surface area contributed by atoms with Gasteiger partial charge in [0.2, 0.25) is 0 Å². The molecule has 1 aromatic heterocycles. The standard InChI is InChI=1S/C16H20N2O2.ClH/c1-3-20-15-7-6-13(9-16(15)19-2)10-18-12-14-5-4-8-17-11-14;/h4-9,11,18H,3,10,12H2,1-2H3;1H/p-1. The zero-order chi connectivity index (χ0) is 14.2. The van der Waals surface area contributed by atoms with E-state index in [1.54, 1.807) is 13.3 Å². The Labute approximate surface area is 131 Å². The van der Waals surface area contributed by atoms with Crippen LogP contribution in [-0.2, 0) is 13.1 Å². The fraction of sp³-hybridized carbons (Fsp3) is 0.312. The Kier molecular flexibility index (Phi) is 7.58. The van der Waals surface area contributed by atoms with Gasteiger partial charge < -0.3 is 27.2 Å². The maximum Gasteiger partial charge on any atom is 0.161 e. The molecule has 0 fully saturated rings. The van der Waals surface area contributed by atoms with E-state index < -0.39 is 0 Å². The molecule has 1 N–H and O–H groups in total. The Hall–Kier alpha value is -1.78. The lowest BCUT2D eigenvalue weighted by molar-refractivity contribution is -0.00000495. The summed E-state index contributed by atoms with van der Waals surface area (Å²) in [4.78, 5) is 4.09. The maximum absolute atomic E-state index is 5.50. The number of nitrogens with one attached hydrogen (secondary N) is 1. The Morgan fingerprint density at radius 1 is 1.10 bits per heavy atom. The van der Waals surface area contributed by atoms with Gasteiger partial charge in [0, 0.05) is 25.5 Å². The molecule has 0 spiro atoms. The highest BCUT2D eigenvalue weighted by molar-refractivity contribution is 5.42. The van der Waals surface area contributed by atoms with Gasteiger partial charge in [-0.2, -0.15) is 0 Å². The lowest BCUT2D eigenvalue weighted by Gasteiger charge is -2.11. The fourth-order valence-electron chi connectivity index (χ4n) is 1.95. The Bertz CT molecular complexity index is 535. The van der Waals surface area contributed by atoms with Crippen LogP contribution < -0.4 is 27.2 Å². The number of halogens is 1. The first-order valence-electron chi connectivity index (χ1n) is 6.72. The van der Waals surface area contributed by atoms with Gasteiger partial charge in [-0.25, -0.2) is 0 Å². The van der Waals surface area contributed by atoms with Crippen molar-refractivity contribution in [3.05, 3.63) is 53.9 Å². The summed E-state index contributed by atoms with van der Waals surface area (Å²) < 4.78 is 10.8. The highest BCUT2D eigenvalue weighted by atomic mass is 35.5. The number of methoxy groups -OCH3 is 1. The Morgan fingerprint density at radius 2 is 1.90 bits per heavy atom. The second kappa shape index (κ2) is 9.21. The quantitative estimate of drug-likeness (QED) is 0.768. The molecule has 0 radical (unpaired) electrons. The minimum atomic E-state index is 0. The van der Waals surface area contributed by atoms with E-state index in [9.17, 15) is 0 Å². The van der Waals surface area contributed by atoms with Crippen molar-refractivity contribution in [2.45, 2.75) is 20.0 Å². The number of hydrogen-bond donors (Lipinski definition) is 1. The molecule has 1 heterocycles. The van der Waals surface area contributed by atoms with Crippen LogP contribution in [0.1, 0.15) is 18.1 Å². The number of hydrogen-bond acceptors (Lipinski definition) is 4. The number of benzene rings is 1. The average molecular weight is 308 g/mol. The van der Waals surface area contributed by atoms with Gasteiger partial charge in [0.1, 0.15) is 0 Å². The van der Waals surface area contributed by atoms with E-state index in [2.05, 4.69) is 16.4 Å². The first kappa shape index (κ1) is 17.3. The summed E-state index contributed by atoms with van der Waals surface area (Å²) >= 11 is 0. The highest BCUT2D eigenvalue weighted by Gasteiger charge is 2.05. The first-order chi connectivity index (χ1) is 9.83. The zero-order valence-corrected chi connectivity index (χ0v) is 13.1. The Morgan fingerprint density at radius 3 is 2.57 bits per heavy atom. The summed E-state index contributed by atoms with van der Waals surface area (Å²) in [7, 11) is 1.66. The summed E-state index contributed by atoms with van der Waals surface area (Å²) in [5.41, 5.74) is 2.33. The van der Waals surface area contributed by atoms with Crippen LogP contribution in [0.5, 0.6) is 11.5 Å². The first-order valence-corrected chi connectivity index (χ1v) is 6.72. The monoisotopic (exact) mass is 307 g/mol. The zero-order valence-electron chi connectivity index (χ0n) is 12.3. The molecule has 0 saturated heterocycles. The predicted octanol–water partition coefficient (Wildman–Crippen LogP) is -0.217. The number of rotatable bonds is 7. The molecule has 114 valence electrons. The van der Waals surface area contributed by atoms with Crippen LogP contribution in [0.25, 0.3) is 0 Å². The smallest absolute Gasteiger partial charge is 0.161 e. The van der Waals surface area contributed by atoms with Gasteiger partial charge in [0.05, 0.1) is 13.7 Å². The normalized spacial score (nSPS) is 9.81. The molecule has 2 rings (SSSR count). The van der Waals surface area contributed by atoms with Crippen LogP contribution in [0.2, 0.25) is 0 Å². The van der Waals surface area contributed by atoms with Gasteiger partial charge in [-0.05, 0) is 36.2 Å². The van der Waals surface area contributed by atoms with E-state index in [-0.39, 0.29) is 12.4 Å². The van der Waals surface area contributed by atoms with Gasteiger partial charge >= 0.3 is 0 Å². The molecule has 2 aromatic rings. The second-order valence-corrected chi connectivity index (χ2v) is 4.38. The van der Waals surface area contributed by atoms with Crippen molar-refractivity contribution in [1.82, 2.24) is 10.3 Å². The lowest BCUT2D eigenvalue weighted by Crippen LogP contribution is -3.00. The molecule has 0 amide bonds. The molecule has 0 unspecified atom stereocenters. The minimum absolute atomic E-state index is 0. The van der Waals surface area contributed by atoms with E-state index in [1.807, 2.05) is 37.4 Å². The van der Waals surface area contributed by atoms with Crippen molar-refractivity contribution in [3.8, 4) is 11.5 Å². The van der Waals surface area contributed by atoms with Gasteiger partial charge in [-0.3, -0.25) is 4.98 Å². The molecule has 0 atom stereocenters. The molecule has 4 nitrogen and oxygen atoms in total. The summed E-state index contributed by atoms with van der Waals surface area (Å²) in [5, 5.41) is 3.38. The SMILES string of the molecule is CCOc1ccc(CNCc2cccnc2)cc1OC.[Cl-]. The molecule has 5 heteroatoms. The molecular weight excluding hydrogens is 288 g/mol. The molecule has 0 bridgehead atoms. The van der Waals surface area contributed by atoms with Gasteiger partial charge in [0.25, 0.3) is 0 Å². The van der Waals surface area contributed by atoms with Gasteiger partial charge in [-0.15, -0.1) is 0 Å². The molecule has 21 heavy (non-hydrogen) atoms. The van der Waals surface area contributed by atoms with Crippen LogP contribution >= 0.6 is 0 Å². The van der Waals surface area contributed by atoms with Gasteiger partial charge in [0.15, 0.2) is 11.5 Å². The van der Waals surface area contributed by atoms with Crippen molar-refractivity contribution in [1.29, 1.82) is 0 Å². The van der Waals surface area contributed by atoms with E-state index in [4.69, 9.17) is 9.47 Å². The topological polar surface area (TPSA) is 43.4 Å². The lowest BCUT2D eigenvalue weighted by atomic mass is 10.2. The fourth-order valence-corrected chi connectivity index (χ4v) is 1.95. The van der Waals surface area contributed by atoms with E-state index >= 15 is 0 Å². The maximum atomic E-state index is 5.50. The molecule has 0 aliphatic rings. The van der Waals surface area contributed by atoms with E-state index in [1.165, 1.54) is 5.56 Å². The summed E-state index contributed by atoms with van der Waals surface area (Å²) in [5.74, 6) is 1.55. The third kappa shape index (κ3) is 5.25. The molecular formula is C16H20ClN2O2-. The van der Waals surface area contributed by atoms with Crippen LogP contribution in [0.4, 0.5) is 0 Å². The third-order valence-electron chi connectivity index (χ3n) is 2.91. The highest BCUT2D eigenvalue weighted by Crippen LogP contribution is 2.27. The van der Waals surface area contributed by atoms with Crippen LogP contribution in [0.15, 0.2) is 42.7 Å². The minimum Gasteiger partial charge on any atom is -1.00 e. The van der Waals surface area contributed by atoms with Crippen molar-refractivity contribution < 1.29 is 21.9 Å². The van der Waals surface area contributed by atoms with Crippen LogP contribution in [-0.4, -0.2) is 18.7 Å². The van der Waals surface area contributed by atoms with Crippen molar-refractivity contribution in [3.63, 3.8) is 0 Å². The van der Waals surface area contributed by atoms with Crippen LogP contribution in [0, 0.1) is 0 Å². The number of ether oxygens (including phenoxy) is 2. The van der Waals surface area contributed by atoms with Crippen molar-refractivity contribution in [2.75, 3.05) is 13.7 Å². The summed E-state index contributed by atoms with van der Waals surface area (Å²) in [6.45, 7) is 4.17. The molecule has 0 aliphatic heterocycles. The van der Waals surface area contributed by atoms with Crippen LogP contribution in [0.3, 0.4) is 0 Å². The summed E-state index contributed by atoms with van der Waals surface area (Å²) in [6.07, 6.45) is 3.65. The van der Waals surface area contributed by atoms with Gasteiger partial charge in [-0.1, -0.05) is 12.1 Å². The second-order valence-electron chi connectivity index (χ2n) is 4.38. The van der Waals surface area contributed by atoms with E-state index in [0.717, 1.165) is 30.2 Å². The van der Waals surface area contributed by atoms with Crippen molar-refractivity contribution in [2.24, 2.45) is 0 Å². The number of pyridine rings is 1.